The van der Waals surface area contributed by atoms with Crippen LogP contribution >= 0.6 is 0 Å². The third kappa shape index (κ3) is 25.0. The second kappa shape index (κ2) is 25.1. The maximum absolute atomic E-state index is 11.4. The average molecular weight is 833 g/mol. The Kier molecular flexibility index (Phi) is 26.0. The number of rotatable bonds is 4. The molecule has 56 heavy (non-hydrogen) atoms. The van der Waals surface area contributed by atoms with Gasteiger partial charge in [-0.15, -0.1) is 0 Å². The number of hydrogen-bond donors (Lipinski definition) is 1. The van der Waals surface area contributed by atoms with E-state index in [-0.39, 0.29) is 57.7 Å². The van der Waals surface area contributed by atoms with Crippen LogP contribution in [-0.4, -0.2) is 128 Å². The van der Waals surface area contributed by atoms with Crippen molar-refractivity contribution < 1.29 is 51.9 Å². The molecule has 3 heterocycles. The zero-order chi connectivity index (χ0) is 40.8. The number of fused-ring (bicyclic) bond motifs is 2. The molecule has 13 nitrogen and oxygen atoms in total. The monoisotopic (exact) mass is 832 g/mol. The van der Waals surface area contributed by atoms with Gasteiger partial charge in [0.05, 0.1) is 41.5 Å². The second-order valence-electron chi connectivity index (χ2n) is 15.6. The predicted molar refractivity (Wildman–Crippen MR) is 227 cm³/mol. The van der Waals surface area contributed by atoms with Gasteiger partial charge in [-0.1, -0.05) is 31.1 Å². The van der Waals surface area contributed by atoms with Crippen molar-refractivity contribution in [3.8, 4) is 0 Å². The van der Waals surface area contributed by atoms with Crippen LogP contribution in [0.3, 0.4) is 0 Å². The summed E-state index contributed by atoms with van der Waals surface area (Å²) in [6.07, 6.45) is 4.78. The zero-order valence-corrected chi connectivity index (χ0v) is 38.5. The summed E-state index contributed by atoms with van der Waals surface area (Å²) >= 11 is 2.01. The number of sulfone groups is 2. The SMILES string of the molecule is C1CCOC1.CC(C)(C)OC(C)(C)C.COC(=O)c1ccc2nc(S(C)(=O)=O)ccc2c1.CS(=O)(=O)c1ccc2cc(CO)ccc2n1.C[C](C)(C)[AlH].O.O.[Li]. The van der Waals surface area contributed by atoms with Crippen molar-refractivity contribution in [3.05, 3.63) is 71.8 Å². The number of aromatic nitrogens is 2. The first kappa shape index (κ1) is 57.9. The van der Waals surface area contributed by atoms with E-state index in [4.69, 9.17) is 14.6 Å². The zero-order valence-electron chi connectivity index (χ0n) is 35.4. The van der Waals surface area contributed by atoms with Crippen LogP contribution in [0.1, 0.15) is 91.1 Å². The van der Waals surface area contributed by atoms with Crippen LogP contribution in [0.5, 0.6) is 0 Å². The molecule has 0 aliphatic carbocycles. The van der Waals surface area contributed by atoms with Crippen LogP contribution in [0.25, 0.3) is 21.8 Å². The topological polar surface area (TPSA) is 222 Å². The van der Waals surface area contributed by atoms with Crippen molar-refractivity contribution in [3.63, 3.8) is 0 Å². The van der Waals surface area contributed by atoms with Crippen molar-refractivity contribution in [1.82, 2.24) is 9.97 Å². The Morgan fingerprint density at radius 3 is 1.43 bits per heavy atom. The van der Waals surface area contributed by atoms with Gasteiger partial charge < -0.3 is 30.3 Å². The molecule has 2 radical (unpaired) electrons. The normalized spacial score (nSPS) is 12.5. The van der Waals surface area contributed by atoms with E-state index in [1.54, 1.807) is 48.5 Å². The number of pyridine rings is 2. The molecule has 17 heteroatoms. The van der Waals surface area contributed by atoms with E-state index in [9.17, 15) is 21.6 Å². The molecule has 2 aromatic heterocycles. The van der Waals surface area contributed by atoms with Crippen molar-refractivity contribution in [2.24, 2.45) is 0 Å². The molecule has 4 aromatic rings. The Morgan fingerprint density at radius 1 is 0.732 bits per heavy atom. The molecular weight excluding hydrogens is 770 g/mol. The number of methoxy groups -OCH3 is 1. The average Bonchev–Trinajstić information content (AvgIpc) is 3.61. The van der Waals surface area contributed by atoms with Crippen molar-refractivity contribution in [2.75, 3.05) is 32.8 Å². The summed E-state index contributed by atoms with van der Waals surface area (Å²) in [6.45, 7) is 21.0. The number of carbonyl (C=O) groups excluding carboxylic acids is 1. The quantitative estimate of drug-likeness (QED) is 0.212. The van der Waals surface area contributed by atoms with E-state index in [2.05, 4.69) is 77.0 Å². The number of carbonyl (C=O) groups is 1. The van der Waals surface area contributed by atoms with E-state index < -0.39 is 25.6 Å². The molecule has 1 aliphatic rings. The molecule has 0 spiro atoms. The first-order chi connectivity index (χ1) is 24.1. The molecule has 0 atom stereocenters. The van der Waals surface area contributed by atoms with E-state index in [1.807, 2.05) is 16.3 Å². The number of aliphatic hydroxyl groups excluding tert-OH is 1. The molecule has 1 fully saturated rings. The van der Waals surface area contributed by atoms with Gasteiger partial charge in [-0.25, -0.2) is 31.6 Å². The molecule has 1 aliphatic heterocycles. The largest absolute Gasteiger partial charge is 0.465 e. The Labute approximate surface area is 354 Å². The minimum Gasteiger partial charge on any atom is -0.465 e. The van der Waals surface area contributed by atoms with Crippen LogP contribution in [0.4, 0.5) is 0 Å². The first-order valence-electron chi connectivity index (χ1n) is 17.2. The third-order valence-electron chi connectivity index (χ3n) is 6.19. The smallest absolute Gasteiger partial charge is 0.337 e. The Hall–Kier alpha value is -2.44. The maximum Gasteiger partial charge on any atom is 0.337 e. The van der Waals surface area contributed by atoms with Gasteiger partial charge >= 0.3 is 5.97 Å². The van der Waals surface area contributed by atoms with Gasteiger partial charge in [-0.3, -0.25) is 0 Å². The molecule has 2 aromatic carbocycles. The number of ether oxygens (including phenoxy) is 3. The molecule has 5 rings (SSSR count). The minimum absolute atomic E-state index is 0. The third-order valence-corrected chi connectivity index (χ3v) is 8.17. The molecule has 5 N–H and O–H groups in total. The number of hydrogen-bond acceptors (Lipinski definition) is 11. The molecule has 0 saturated carbocycles. The number of aliphatic hydroxyl groups is 1. The minimum atomic E-state index is -3.33. The summed E-state index contributed by atoms with van der Waals surface area (Å²) in [5.74, 6) is -0.441. The van der Waals surface area contributed by atoms with Gasteiger partial charge in [0.15, 0.2) is 46.0 Å². The Bertz CT molecular complexity index is 1980. The molecule has 1 saturated heterocycles. The van der Waals surface area contributed by atoms with Gasteiger partial charge in [-0.2, -0.15) is 0 Å². The summed E-state index contributed by atoms with van der Waals surface area (Å²) in [5.41, 5.74) is 2.28. The molecule has 0 bridgehead atoms. The maximum atomic E-state index is 11.4. The summed E-state index contributed by atoms with van der Waals surface area (Å²) < 4.78 is 61.0. The van der Waals surface area contributed by atoms with Crippen molar-refractivity contribution in [1.29, 1.82) is 0 Å². The van der Waals surface area contributed by atoms with Gasteiger partial charge in [0.1, 0.15) is 0 Å². The van der Waals surface area contributed by atoms with Gasteiger partial charge in [0, 0.05) is 55.4 Å². The molecule has 0 amide bonds. The predicted octanol–water partition coefficient (Wildman–Crippen LogP) is 5.03. The Balaban J connectivity index is -0.000000674. The van der Waals surface area contributed by atoms with Crippen molar-refractivity contribution >= 4 is 82.6 Å². The standard InChI is InChI=1S/C12H11NO4S.C11H11NO3S.C8H18O.C4H8O.C4H9.Al.Li.2H2O.H/c1-17-12(14)9-3-5-10-8(7-9)4-6-11(13-10)18(2,15)16;1-16(14,15)11-5-3-9-6-8(7-13)2-4-10(9)12-11;1-7(2,3)9-8(4,5)6;1-2-4-5-3-1;1-4(2)3;;;;;/h3-7H,1-2H3;2-6,13H,7H2,1H3;1-6H3;1-4H2;1-3H3;;;2*1H2;. The van der Waals surface area contributed by atoms with E-state index in [1.165, 1.54) is 32.1 Å². The fourth-order valence-corrected chi connectivity index (χ4v) is 5.61. The number of nitrogens with zero attached hydrogens (tertiary/aromatic N) is 2. The van der Waals surface area contributed by atoms with Crippen LogP contribution in [0.15, 0.2) is 70.7 Å². The Morgan fingerprint density at radius 2 is 1.12 bits per heavy atom. The summed E-state index contributed by atoms with van der Waals surface area (Å²) in [7, 11) is -5.30. The number of esters is 1. The van der Waals surface area contributed by atoms with Gasteiger partial charge in [-0.05, 0) is 115 Å². The van der Waals surface area contributed by atoms with Gasteiger partial charge in [0.2, 0.25) is 0 Å². The molecule has 310 valence electrons. The molecular formula is C39H62AlLiN2O11S2. The summed E-state index contributed by atoms with van der Waals surface area (Å²) in [5, 5.41) is 10.5. The van der Waals surface area contributed by atoms with Crippen LogP contribution in [0.2, 0.25) is 4.28 Å². The van der Waals surface area contributed by atoms with E-state index in [0.717, 1.165) is 36.7 Å². The van der Waals surface area contributed by atoms with Crippen LogP contribution in [0, 0.1) is 0 Å². The summed E-state index contributed by atoms with van der Waals surface area (Å²) in [6, 6.07) is 16.2. The second-order valence-corrected chi connectivity index (χ2v) is 21.7. The fourth-order valence-electron chi connectivity index (χ4n) is 4.45. The van der Waals surface area contributed by atoms with Crippen LogP contribution < -0.4 is 0 Å². The first-order valence-corrected chi connectivity index (χ1v) is 21.6. The fraction of sp³-hybridized carbons (Fsp3) is 0.513. The summed E-state index contributed by atoms with van der Waals surface area (Å²) in [4.78, 5) is 19.4. The molecule has 0 unspecified atom stereocenters. The van der Waals surface area contributed by atoms with E-state index >= 15 is 0 Å². The van der Waals surface area contributed by atoms with Crippen molar-refractivity contribution in [2.45, 2.75) is 107 Å². The van der Waals surface area contributed by atoms with E-state index in [0.29, 0.717) is 26.3 Å². The van der Waals surface area contributed by atoms with Gasteiger partial charge in [0.25, 0.3) is 0 Å². The van der Waals surface area contributed by atoms with Crippen LogP contribution in [-0.2, 0) is 40.5 Å². The number of benzene rings is 2.